The molecule has 11 heteroatoms. The van der Waals surface area contributed by atoms with E-state index in [1.54, 1.807) is 12.1 Å². The lowest BCUT2D eigenvalue weighted by molar-refractivity contribution is -0.384. The summed E-state index contributed by atoms with van der Waals surface area (Å²) in [6, 6.07) is 11.9. The number of nitro benzene ring substituents is 1. The molecule has 1 unspecified atom stereocenters. The number of ether oxygens (including phenoxy) is 2. The van der Waals surface area contributed by atoms with Gasteiger partial charge in [0.1, 0.15) is 13.2 Å². The van der Waals surface area contributed by atoms with E-state index in [-0.39, 0.29) is 10.9 Å². The number of rotatable bonds is 7. The minimum absolute atomic E-state index is 0.00707. The average molecular weight is 480 g/mol. The van der Waals surface area contributed by atoms with E-state index in [4.69, 9.17) is 13.9 Å². The molecule has 0 radical (unpaired) electrons. The van der Waals surface area contributed by atoms with Crippen molar-refractivity contribution < 1.29 is 18.8 Å². The van der Waals surface area contributed by atoms with E-state index in [1.807, 2.05) is 31.3 Å². The number of fused-ring (bicyclic) bond motifs is 1. The molecule has 34 heavy (non-hydrogen) atoms. The summed E-state index contributed by atoms with van der Waals surface area (Å²) < 4.78 is 19.3. The zero-order valence-corrected chi connectivity index (χ0v) is 19.3. The van der Waals surface area contributed by atoms with Gasteiger partial charge in [0, 0.05) is 29.8 Å². The predicted octanol–water partition coefficient (Wildman–Crippen LogP) is 5.15. The Balaban J connectivity index is 1.35. The summed E-state index contributed by atoms with van der Waals surface area (Å²) >= 11 is 1.52. The number of nitrogens with zero attached hydrogens (tertiary/aromatic N) is 5. The van der Waals surface area contributed by atoms with Crippen molar-refractivity contribution >= 4 is 17.4 Å². The van der Waals surface area contributed by atoms with Crippen molar-refractivity contribution in [2.45, 2.75) is 30.8 Å². The molecule has 1 atom stereocenters. The lowest BCUT2D eigenvalue weighted by Gasteiger charge is -2.19. The maximum absolute atomic E-state index is 10.9. The Bertz CT molecular complexity index is 1330. The summed E-state index contributed by atoms with van der Waals surface area (Å²) in [5.41, 5.74) is 2.60. The third kappa shape index (κ3) is 4.21. The van der Waals surface area contributed by atoms with Crippen molar-refractivity contribution in [3.05, 3.63) is 64.7 Å². The highest BCUT2D eigenvalue weighted by molar-refractivity contribution is 7.99. The lowest BCUT2D eigenvalue weighted by atomic mass is 10.1. The largest absolute Gasteiger partial charge is 0.486 e. The van der Waals surface area contributed by atoms with Gasteiger partial charge in [0.05, 0.1) is 22.1 Å². The fraction of sp³-hybridized carbons (Fsp3) is 0.261. The average Bonchev–Trinajstić information content (AvgIpc) is 3.51. The van der Waals surface area contributed by atoms with Crippen LogP contribution in [0.15, 0.2) is 58.2 Å². The Kier molecular flexibility index (Phi) is 5.93. The molecule has 0 saturated heterocycles. The first-order valence-electron chi connectivity index (χ1n) is 10.7. The molecule has 174 valence electrons. The molecule has 0 amide bonds. The Labute approximate surface area is 199 Å². The van der Waals surface area contributed by atoms with Crippen LogP contribution in [0.3, 0.4) is 0 Å². The van der Waals surface area contributed by atoms with Crippen LogP contribution in [-0.2, 0) is 6.54 Å². The molecule has 2 aromatic carbocycles. The van der Waals surface area contributed by atoms with Crippen LogP contribution in [0.4, 0.5) is 5.69 Å². The maximum atomic E-state index is 10.9. The summed E-state index contributed by atoms with van der Waals surface area (Å²) in [6.45, 7) is 5.86. The molecule has 0 fully saturated rings. The summed E-state index contributed by atoms with van der Waals surface area (Å²) in [4.78, 5) is 15.0. The number of imidazole rings is 1. The second kappa shape index (κ2) is 9.18. The minimum atomic E-state index is -0.448. The first kappa shape index (κ1) is 22.0. The van der Waals surface area contributed by atoms with E-state index >= 15 is 0 Å². The number of hydrogen-bond donors (Lipinski definition) is 0. The maximum Gasteiger partial charge on any atom is 0.269 e. The minimum Gasteiger partial charge on any atom is -0.486 e. The Hall–Kier alpha value is -3.86. The highest BCUT2D eigenvalue weighted by Crippen LogP contribution is 2.39. The van der Waals surface area contributed by atoms with Crippen LogP contribution in [0.25, 0.3) is 22.7 Å². The highest BCUT2D eigenvalue weighted by atomic mass is 32.2. The molecule has 3 heterocycles. The number of thioether (sulfide) groups is 1. The van der Waals surface area contributed by atoms with Gasteiger partial charge in [-0.05, 0) is 44.2 Å². The van der Waals surface area contributed by atoms with Crippen molar-refractivity contribution in [3.8, 4) is 34.2 Å². The first-order valence-corrected chi connectivity index (χ1v) is 11.6. The van der Waals surface area contributed by atoms with Crippen LogP contribution in [0.2, 0.25) is 0 Å². The Morgan fingerprint density at radius 2 is 1.82 bits per heavy atom. The van der Waals surface area contributed by atoms with Crippen LogP contribution in [0.5, 0.6) is 11.5 Å². The van der Waals surface area contributed by atoms with Gasteiger partial charge in [-0.3, -0.25) is 10.1 Å². The molecule has 0 saturated carbocycles. The molecule has 5 rings (SSSR count). The van der Waals surface area contributed by atoms with E-state index < -0.39 is 4.92 Å². The van der Waals surface area contributed by atoms with Crippen molar-refractivity contribution in [2.24, 2.45) is 0 Å². The van der Waals surface area contributed by atoms with E-state index in [9.17, 15) is 10.1 Å². The van der Waals surface area contributed by atoms with Crippen molar-refractivity contribution in [1.29, 1.82) is 0 Å². The molecule has 4 aromatic rings. The normalized spacial score (nSPS) is 13.6. The molecule has 1 aliphatic heterocycles. The summed E-state index contributed by atoms with van der Waals surface area (Å²) in [6.07, 6.45) is 1.85. The third-order valence-corrected chi connectivity index (χ3v) is 6.46. The smallest absolute Gasteiger partial charge is 0.269 e. The number of non-ortho nitro benzene ring substituents is 1. The predicted molar refractivity (Wildman–Crippen MR) is 125 cm³/mol. The first-order chi connectivity index (χ1) is 16.5. The Morgan fingerprint density at radius 3 is 2.56 bits per heavy atom. The van der Waals surface area contributed by atoms with Crippen molar-refractivity contribution in [3.63, 3.8) is 0 Å². The van der Waals surface area contributed by atoms with Gasteiger partial charge in [-0.2, -0.15) is 0 Å². The van der Waals surface area contributed by atoms with Gasteiger partial charge in [-0.15, -0.1) is 10.2 Å². The SMILES string of the molecule is CCn1c(-c2ccc3c(c2)OCCO3)cnc1SC(C)c1nnc(-c2ccc([N+](=O)[O-])cc2)o1. The molecule has 0 spiro atoms. The van der Waals surface area contributed by atoms with Gasteiger partial charge in [0.15, 0.2) is 16.7 Å². The van der Waals surface area contributed by atoms with Gasteiger partial charge < -0.3 is 18.5 Å². The number of benzene rings is 2. The quantitative estimate of drug-likeness (QED) is 0.201. The van der Waals surface area contributed by atoms with Crippen molar-refractivity contribution in [2.75, 3.05) is 13.2 Å². The number of hydrogen-bond acceptors (Lipinski definition) is 9. The van der Waals surface area contributed by atoms with Crippen LogP contribution >= 0.6 is 11.8 Å². The number of aromatic nitrogens is 4. The Morgan fingerprint density at radius 1 is 1.09 bits per heavy atom. The van der Waals surface area contributed by atoms with E-state index in [0.29, 0.717) is 30.6 Å². The fourth-order valence-electron chi connectivity index (χ4n) is 3.64. The van der Waals surface area contributed by atoms with Gasteiger partial charge in [-0.1, -0.05) is 11.8 Å². The molecular weight excluding hydrogens is 458 g/mol. The molecule has 10 nitrogen and oxygen atoms in total. The van der Waals surface area contributed by atoms with Gasteiger partial charge in [0.25, 0.3) is 5.69 Å². The molecule has 0 aliphatic carbocycles. The zero-order valence-electron chi connectivity index (χ0n) is 18.5. The van der Waals surface area contributed by atoms with E-state index in [0.717, 1.165) is 34.5 Å². The number of nitro groups is 1. The molecule has 0 N–H and O–H groups in total. The topological polar surface area (TPSA) is 118 Å². The highest BCUT2D eigenvalue weighted by Gasteiger charge is 2.21. The summed E-state index contributed by atoms with van der Waals surface area (Å²) in [7, 11) is 0. The zero-order chi connectivity index (χ0) is 23.7. The molecular formula is C23H21N5O5S. The van der Waals surface area contributed by atoms with E-state index in [1.165, 1.54) is 23.9 Å². The van der Waals surface area contributed by atoms with Crippen LogP contribution < -0.4 is 9.47 Å². The lowest BCUT2D eigenvalue weighted by Crippen LogP contribution is -2.15. The van der Waals surface area contributed by atoms with E-state index in [2.05, 4.69) is 26.7 Å². The van der Waals surface area contributed by atoms with Gasteiger partial charge in [-0.25, -0.2) is 4.98 Å². The standard InChI is InChI=1S/C23H21N5O5S/c1-3-27-18(16-6-9-19-20(12-16)32-11-10-31-19)13-24-23(27)34-14(2)21-25-26-22(33-21)15-4-7-17(8-5-15)28(29)30/h4-9,12-14H,3,10-11H2,1-2H3. The van der Waals surface area contributed by atoms with Crippen LogP contribution in [0, 0.1) is 10.1 Å². The molecule has 1 aliphatic rings. The van der Waals surface area contributed by atoms with Crippen molar-refractivity contribution in [1.82, 2.24) is 19.7 Å². The van der Waals surface area contributed by atoms with Gasteiger partial charge >= 0.3 is 0 Å². The molecule has 2 aromatic heterocycles. The fourth-order valence-corrected chi connectivity index (χ4v) is 4.62. The monoisotopic (exact) mass is 479 g/mol. The second-order valence-corrected chi connectivity index (χ2v) is 8.85. The molecule has 0 bridgehead atoms. The third-order valence-electron chi connectivity index (χ3n) is 5.37. The summed E-state index contributed by atoms with van der Waals surface area (Å²) in [5.74, 6) is 2.25. The van der Waals surface area contributed by atoms with Crippen LogP contribution in [0.1, 0.15) is 25.0 Å². The van der Waals surface area contributed by atoms with Gasteiger partial charge in [0.2, 0.25) is 11.8 Å². The summed E-state index contributed by atoms with van der Waals surface area (Å²) in [5, 5.41) is 19.8. The van der Waals surface area contributed by atoms with Crippen LogP contribution in [-0.4, -0.2) is 37.9 Å². The second-order valence-electron chi connectivity index (χ2n) is 7.54.